The Labute approximate surface area is 141 Å². The number of nitrogens with one attached hydrogen (secondary N) is 2. The van der Waals surface area contributed by atoms with Crippen LogP contribution in [0.15, 0.2) is 65.3 Å². The topological polar surface area (TPSA) is 57.5 Å². The first kappa shape index (κ1) is 16.1. The molecule has 2 N–H and O–H groups in total. The van der Waals surface area contributed by atoms with Crippen molar-refractivity contribution in [2.75, 3.05) is 26.0 Å². The number of carbonyl (C=O) groups is 1. The summed E-state index contributed by atoms with van der Waals surface area (Å²) in [4.78, 5) is 14.3. The van der Waals surface area contributed by atoms with Gasteiger partial charge in [-0.05, 0) is 37.7 Å². The molecule has 0 saturated carbocycles. The van der Waals surface area contributed by atoms with Gasteiger partial charge in [-0.1, -0.05) is 36.4 Å². The van der Waals surface area contributed by atoms with Crippen LogP contribution < -0.4 is 10.6 Å². The third-order valence-electron chi connectivity index (χ3n) is 3.99. The summed E-state index contributed by atoms with van der Waals surface area (Å²) in [6, 6.07) is 17.3. The summed E-state index contributed by atoms with van der Waals surface area (Å²) in [5, 5.41) is 7.95. The second kappa shape index (κ2) is 7.19. The molecule has 1 atom stereocenters. The van der Waals surface area contributed by atoms with Crippen LogP contribution in [0.2, 0.25) is 0 Å². The minimum Gasteiger partial charge on any atom is -0.468 e. The third kappa shape index (κ3) is 3.58. The molecule has 0 spiro atoms. The maximum atomic E-state index is 12.3. The highest BCUT2D eigenvalue weighted by molar-refractivity contribution is 6.01. The van der Waals surface area contributed by atoms with Gasteiger partial charge < -0.3 is 15.1 Å². The van der Waals surface area contributed by atoms with Crippen molar-refractivity contribution in [3.63, 3.8) is 0 Å². The molecule has 0 aliphatic rings. The summed E-state index contributed by atoms with van der Waals surface area (Å²) in [5.41, 5.74) is 0.796. The van der Waals surface area contributed by atoms with E-state index in [2.05, 4.69) is 10.6 Å². The number of hydrogen-bond donors (Lipinski definition) is 2. The quantitative estimate of drug-likeness (QED) is 0.749. The first-order valence-corrected chi connectivity index (χ1v) is 7.87. The molecule has 3 rings (SSSR count). The van der Waals surface area contributed by atoms with Crippen LogP contribution in [-0.2, 0) is 0 Å². The molecule has 1 aromatic heterocycles. The molecule has 0 radical (unpaired) electrons. The van der Waals surface area contributed by atoms with E-state index in [0.29, 0.717) is 6.54 Å². The molecule has 2 aromatic carbocycles. The standard InChI is InChI=1S/C19H21N3O2/c1-22(2)17(18-11-6-12-24-18)13-20-19(23)21-16-10-5-8-14-7-3-4-9-15(14)16/h3-12,17H,13H2,1-2H3,(H2,20,21,23)/t17-/m0/s1. The molecule has 3 aromatic rings. The molecule has 1 heterocycles. The smallest absolute Gasteiger partial charge is 0.319 e. The second-order valence-corrected chi connectivity index (χ2v) is 5.86. The van der Waals surface area contributed by atoms with Crippen molar-refractivity contribution in [1.29, 1.82) is 0 Å². The van der Waals surface area contributed by atoms with Crippen molar-refractivity contribution in [3.8, 4) is 0 Å². The Hall–Kier alpha value is -2.79. The van der Waals surface area contributed by atoms with Crippen LogP contribution in [0.3, 0.4) is 0 Å². The van der Waals surface area contributed by atoms with Gasteiger partial charge in [-0.15, -0.1) is 0 Å². The summed E-state index contributed by atoms with van der Waals surface area (Å²) in [5.74, 6) is 0.825. The summed E-state index contributed by atoms with van der Waals surface area (Å²) in [6.07, 6.45) is 1.64. The highest BCUT2D eigenvalue weighted by Crippen LogP contribution is 2.23. The van der Waals surface area contributed by atoms with E-state index in [1.807, 2.05) is 73.6 Å². The van der Waals surface area contributed by atoms with Crippen molar-refractivity contribution < 1.29 is 9.21 Å². The molecule has 24 heavy (non-hydrogen) atoms. The van der Waals surface area contributed by atoms with E-state index in [4.69, 9.17) is 4.42 Å². The van der Waals surface area contributed by atoms with Crippen molar-refractivity contribution in [2.24, 2.45) is 0 Å². The normalized spacial score (nSPS) is 12.3. The van der Waals surface area contributed by atoms with Crippen LogP contribution in [0.1, 0.15) is 11.8 Å². The second-order valence-electron chi connectivity index (χ2n) is 5.86. The van der Waals surface area contributed by atoms with Crippen LogP contribution in [0.4, 0.5) is 10.5 Å². The molecule has 124 valence electrons. The lowest BCUT2D eigenvalue weighted by atomic mass is 10.1. The fourth-order valence-electron chi connectivity index (χ4n) is 2.71. The molecule has 0 saturated heterocycles. The van der Waals surface area contributed by atoms with E-state index in [1.54, 1.807) is 6.26 Å². The van der Waals surface area contributed by atoms with Crippen molar-refractivity contribution in [3.05, 3.63) is 66.6 Å². The lowest BCUT2D eigenvalue weighted by molar-refractivity contribution is 0.233. The molecule has 0 unspecified atom stereocenters. The van der Waals surface area contributed by atoms with Crippen molar-refractivity contribution in [2.45, 2.75) is 6.04 Å². The Morgan fingerprint density at radius 1 is 1.08 bits per heavy atom. The number of carbonyl (C=O) groups excluding carboxylic acids is 1. The Kier molecular flexibility index (Phi) is 4.82. The molecule has 5 nitrogen and oxygen atoms in total. The van der Waals surface area contributed by atoms with E-state index in [-0.39, 0.29) is 12.1 Å². The highest BCUT2D eigenvalue weighted by Gasteiger charge is 2.17. The summed E-state index contributed by atoms with van der Waals surface area (Å²) >= 11 is 0. The summed E-state index contributed by atoms with van der Waals surface area (Å²) in [7, 11) is 3.91. The molecular weight excluding hydrogens is 302 g/mol. The number of furan rings is 1. The van der Waals surface area contributed by atoms with Gasteiger partial charge in [0.05, 0.1) is 18.0 Å². The van der Waals surface area contributed by atoms with Gasteiger partial charge in [0.25, 0.3) is 0 Å². The number of urea groups is 1. The fraction of sp³-hybridized carbons (Fsp3) is 0.211. The third-order valence-corrected chi connectivity index (χ3v) is 3.99. The van der Waals surface area contributed by atoms with Crippen LogP contribution in [0.5, 0.6) is 0 Å². The van der Waals surface area contributed by atoms with Crippen LogP contribution in [0, 0.1) is 0 Å². The van der Waals surface area contributed by atoms with E-state index in [1.165, 1.54) is 0 Å². The number of likely N-dealkylation sites (N-methyl/N-ethyl adjacent to an activating group) is 1. The predicted molar refractivity (Wildman–Crippen MR) is 96.1 cm³/mol. The number of hydrogen-bond acceptors (Lipinski definition) is 3. The average molecular weight is 323 g/mol. The highest BCUT2D eigenvalue weighted by atomic mass is 16.3. The molecule has 2 amide bonds. The van der Waals surface area contributed by atoms with Gasteiger partial charge in [-0.3, -0.25) is 4.90 Å². The number of nitrogens with zero attached hydrogens (tertiary/aromatic N) is 1. The first-order chi connectivity index (χ1) is 11.6. The minimum absolute atomic E-state index is 0.0155. The van der Waals surface area contributed by atoms with Gasteiger partial charge in [0.2, 0.25) is 0 Å². The van der Waals surface area contributed by atoms with Gasteiger partial charge >= 0.3 is 6.03 Å². The fourth-order valence-corrected chi connectivity index (χ4v) is 2.71. The van der Waals surface area contributed by atoms with Crippen molar-refractivity contribution >= 4 is 22.5 Å². The summed E-state index contributed by atoms with van der Waals surface area (Å²) < 4.78 is 5.45. The minimum atomic E-state index is -0.232. The van der Waals surface area contributed by atoms with Gasteiger partial charge in [0.15, 0.2) is 0 Å². The molecule has 0 fully saturated rings. The lowest BCUT2D eigenvalue weighted by Crippen LogP contribution is -2.36. The van der Waals surface area contributed by atoms with Gasteiger partial charge in [-0.2, -0.15) is 0 Å². The molecule has 0 aliphatic carbocycles. The predicted octanol–water partition coefficient (Wildman–Crippen LogP) is 3.86. The zero-order valence-electron chi connectivity index (χ0n) is 13.8. The van der Waals surface area contributed by atoms with Crippen LogP contribution in [-0.4, -0.2) is 31.6 Å². The van der Waals surface area contributed by atoms with E-state index < -0.39 is 0 Å². The van der Waals surface area contributed by atoms with Crippen LogP contribution >= 0.6 is 0 Å². The van der Waals surface area contributed by atoms with Gasteiger partial charge in [0, 0.05) is 11.9 Å². The van der Waals surface area contributed by atoms with Gasteiger partial charge in [-0.25, -0.2) is 4.79 Å². The Bertz CT molecular complexity index is 807. The monoisotopic (exact) mass is 323 g/mol. The Morgan fingerprint density at radius 2 is 1.88 bits per heavy atom. The average Bonchev–Trinajstić information content (AvgIpc) is 3.09. The lowest BCUT2D eigenvalue weighted by Gasteiger charge is -2.22. The number of rotatable bonds is 5. The SMILES string of the molecule is CN(C)[C@@H](CNC(=O)Nc1cccc2ccccc12)c1ccco1. The zero-order chi connectivity index (χ0) is 16.9. The Balaban J connectivity index is 1.67. The van der Waals surface area contributed by atoms with Crippen molar-refractivity contribution in [1.82, 2.24) is 10.2 Å². The van der Waals surface area contributed by atoms with E-state index >= 15 is 0 Å². The molecule has 5 heteroatoms. The maximum Gasteiger partial charge on any atom is 0.319 e. The number of benzene rings is 2. The number of fused-ring (bicyclic) bond motifs is 1. The first-order valence-electron chi connectivity index (χ1n) is 7.87. The largest absolute Gasteiger partial charge is 0.468 e. The summed E-state index contributed by atoms with van der Waals surface area (Å²) in [6.45, 7) is 0.455. The van der Waals surface area contributed by atoms with Gasteiger partial charge in [0.1, 0.15) is 5.76 Å². The zero-order valence-corrected chi connectivity index (χ0v) is 13.8. The molecule has 0 aliphatic heterocycles. The Morgan fingerprint density at radius 3 is 2.62 bits per heavy atom. The van der Waals surface area contributed by atoms with E-state index in [0.717, 1.165) is 22.2 Å². The van der Waals surface area contributed by atoms with E-state index in [9.17, 15) is 4.79 Å². The van der Waals surface area contributed by atoms with Crippen LogP contribution in [0.25, 0.3) is 10.8 Å². The molecular formula is C19H21N3O2. The number of amides is 2. The molecule has 0 bridgehead atoms. The number of anilines is 1. The maximum absolute atomic E-state index is 12.3.